The average Bonchev–Trinajstić information content (AvgIpc) is 3.48. The molecule has 2 heterocycles. The third-order valence-corrected chi connectivity index (χ3v) is 13.8. The first-order chi connectivity index (χ1) is 38.3. The molecule has 6 aromatic carbocycles. The lowest BCUT2D eigenvalue weighted by molar-refractivity contribution is -0.140. The van der Waals surface area contributed by atoms with Crippen LogP contribution in [0.15, 0.2) is 163 Å². The molecule has 0 aliphatic rings. The smallest absolute Gasteiger partial charge is 0.321 e. The number of pyridine rings is 2. The Balaban J connectivity index is 0.994. The van der Waals surface area contributed by atoms with Crippen molar-refractivity contribution in [3.63, 3.8) is 0 Å². The average molecular weight is 1100 g/mol. The fourth-order valence-corrected chi connectivity index (χ4v) is 9.39. The van der Waals surface area contributed by atoms with E-state index in [2.05, 4.69) is 43.8 Å². The van der Waals surface area contributed by atoms with E-state index in [1.54, 1.807) is 62.2 Å². The number of nitriles is 1. The molecule has 2 aromatic heterocycles. The highest BCUT2D eigenvalue weighted by Crippen LogP contribution is 2.38. The number of hydrogen-bond acceptors (Lipinski definition) is 12. The van der Waals surface area contributed by atoms with E-state index in [1.165, 1.54) is 6.20 Å². The maximum atomic E-state index is 12.4. The maximum Gasteiger partial charge on any atom is 0.321 e. The van der Waals surface area contributed by atoms with Gasteiger partial charge >= 0.3 is 11.9 Å². The normalized spacial score (nSPS) is 11.9. The van der Waals surface area contributed by atoms with Crippen LogP contribution in [0.4, 0.5) is 0 Å². The molecule has 4 N–H and O–H groups in total. The Bertz CT molecular complexity index is 3480. The maximum absolute atomic E-state index is 12.4. The van der Waals surface area contributed by atoms with Gasteiger partial charge in [-0.05, 0) is 95.5 Å². The van der Waals surface area contributed by atoms with E-state index in [-0.39, 0.29) is 52.4 Å². The van der Waals surface area contributed by atoms with Crippen LogP contribution < -0.4 is 29.6 Å². The van der Waals surface area contributed by atoms with Crippen molar-refractivity contribution in [2.45, 2.75) is 78.3 Å². The second-order valence-corrected chi connectivity index (χ2v) is 19.6. The fraction of sp³-hybridized carbons (Fsp3) is 0.206. The van der Waals surface area contributed by atoms with Gasteiger partial charge in [0, 0.05) is 91.1 Å². The molecule has 8 aromatic rings. The van der Waals surface area contributed by atoms with Gasteiger partial charge in [0.2, 0.25) is 0 Å². The van der Waals surface area contributed by atoms with Crippen LogP contribution >= 0.6 is 23.2 Å². The van der Waals surface area contributed by atoms with Crippen molar-refractivity contribution in [1.82, 2.24) is 20.6 Å². The minimum atomic E-state index is -0.994. The summed E-state index contributed by atoms with van der Waals surface area (Å²) in [7, 11) is 1.69. The summed E-state index contributed by atoms with van der Waals surface area (Å²) >= 11 is 13.9. The van der Waals surface area contributed by atoms with Crippen LogP contribution in [0.3, 0.4) is 0 Å². The number of carbonyl (C=O) groups is 2. The van der Waals surface area contributed by atoms with Crippen LogP contribution in [0.2, 0.25) is 10.0 Å². The summed E-state index contributed by atoms with van der Waals surface area (Å²) in [6.45, 7) is 4.96. The summed E-state index contributed by atoms with van der Waals surface area (Å²) in [4.78, 5) is 37.4. The highest BCUT2D eigenvalue weighted by molar-refractivity contribution is 6.32. The third-order valence-electron chi connectivity index (χ3n) is 13.2. The van der Waals surface area contributed by atoms with Crippen LogP contribution in [0, 0.1) is 25.2 Å². The number of aromatic nitrogens is 2. The predicted octanol–water partition coefficient (Wildman–Crippen LogP) is 11.9. The Hall–Kier alpha value is -8.58. The molecule has 16 heteroatoms. The van der Waals surface area contributed by atoms with E-state index in [4.69, 9.17) is 42.1 Å². The van der Waals surface area contributed by atoms with Crippen LogP contribution in [-0.2, 0) is 61.9 Å². The monoisotopic (exact) mass is 1100 g/mol. The number of halogens is 2. The molecular formula is C63H58Cl2N6O8. The summed E-state index contributed by atoms with van der Waals surface area (Å²) in [6, 6.07) is 41.8. The van der Waals surface area contributed by atoms with Crippen molar-refractivity contribution in [2.24, 2.45) is 4.99 Å². The molecule has 0 spiro atoms. The summed E-state index contributed by atoms with van der Waals surface area (Å²) in [5.74, 6) is -0.341. The van der Waals surface area contributed by atoms with E-state index in [1.807, 2.05) is 105 Å². The van der Waals surface area contributed by atoms with Crippen LogP contribution in [0.5, 0.6) is 23.0 Å². The van der Waals surface area contributed by atoms with Crippen LogP contribution in [-0.4, -0.2) is 57.5 Å². The van der Waals surface area contributed by atoms with Gasteiger partial charge in [-0.3, -0.25) is 35.2 Å². The van der Waals surface area contributed by atoms with Crippen molar-refractivity contribution in [3.05, 3.63) is 235 Å². The van der Waals surface area contributed by atoms with Gasteiger partial charge in [-0.25, -0.2) is 0 Å². The molecule has 8 rings (SSSR count). The molecule has 0 saturated carbocycles. The number of carboxylic acids is 2. The topological polar surface area (TPSA) is 198 Å². The number of ether oxygens (including phenoxy) is 4. The zero-order chi connectivity index (χ0) is 55.7. The second-order valence-electron chi connectivity index (χ2n) is 18.7. The highest BCUT2D eigenvalue weighted by Gasteiger charge is 2.22. The highest BCUT2D eigenvalue weighted by atomic mass is 35.5. The van der Waals surface area contributed by atoms with Gasteiger partial charge in [-0.1, -0.05) is 120 Å². The number of aliphatic carboxylic acids is 2. The number of nitrogens with zero attached hydrogens (tertiary/aromatic N) is 4. The Labute approximate surface area is 469 Å². The number of benzene rings is 6. The number of carboxylic acid groups (broad SMARTS) is 2. The molecule has 0 aliphatic heterocycles. The number of nitrogens with one attached hydrogen (secondary N) is 2. The number of rotatable bonds is 26. The summed E-state index contributed by atoms with van der Waals surface area (Å²) in [5.41, 5.74) is 11.5. The molecule has 0 saturated heterocycles. The van der Waals surface area contributed by atoms with Gasteiger partial charge in [-0.15, -0.1) is 0 Å². The van der Waals surface area contributed by atoms with Crippen molar-refractivity contribution >= 4 is 41.4 Å². The Morgan fingerprint density at radius 1 is 0.570 bits per heavy atom. The van der Waals surface area contributed by atoms with Gasteiger partial charge < -0.3 is 29.2 Å². The summed E-state index contributed by atoms with van der Waals surface area (Å²) in [6.07, 6.45) is 8.78. The summed E-state index contributed by atoms with van der Waals surface area (Å²) < 4.78 is 25.7. The first-order valence-electron chi connectivity index (χ1n) is 25.4. The van der Waals surface area contributed by atoms with E-state index >= 15 is 0 Å². The lowest BCUT2D eigenvalue weighted by Gasteiger charge is -2.20. The third kappa shape index (κ3) is 15.6. The molecule has 0 fully saturated rings. The van der Waals surface area contributed by atoms with E-state index in [0.717, 1.165) is 55.6 Å². The molecule has 0 radical (unpaired) electrons. The number of hydrogen-bond donors (Lipinski definition) is 4. The van der Waals surface area contributed by atoms with Gasteiger partial charge in [0.25, 0.3) is 0 Å². The SMILES string of the molecule is C/N=C/c1cncc(COc2cc(OCc3cccc(-c4cccc(COc5cc(OCc6cncc(C#N)c6)c(CNC(Cc6ccccc6)C(=O)O)cc5Cl)c4C)c3C)c(Cl)cc2CNC(Cc2ccccc2)C(=O)O)c1. The molecule has 2 atom stereocenters. The zero-order valence-electron chi connectivity index (χ0n) is 43.8. The van der Waals surface area contributed by atoms with Crippen molar-refractivity contribution in [1.29, 1.82) is 5.26 Å². The largest absolute Gasteiger partial charge is 0.488 e. The Morgan fingerprint density at radius 3 is 1.48 bits per heavy atom. The molecule has 0 aliphatic carbocycles. The van der Waals surface area contributed by atoms with Gasteiger partial charge in [0.15, 0.2) is 0 Å². The van der Waals surface area contributed by atoms with Crippen LogP contribution in [0.25, 0.3) is 11.1 Å². The van der Waals surface area contributed by atoms with Gasteiger partial charge in [0.05, 0.1) is 15.6 Å². The molecule has 79 heavy (non-hydrogen) atoms. The first-order valence-corrected chi connectivity index (χ1v) is 26.1. The van der Waals surface area contributed by atoms with Crippen molar-refractivity contribution in [3.8, 4) is 40.2 Å². The van der Waals surface area contributed by atoms with Crippen LogP contribution in [0.1, 0.15) is 66.8 Å². The lowest BCUT2D eigenvalue weighted by atomic mass is 9.92. The molecule has 0 bridgehead atoms. The standard InChI is InChI=1S/C63H58Cl2N6O8/c1-40-48(38-78-60-26-58(76-36-46-20-44(28-66)30-68-32-46)50(24-54(60)64)34-70-56(62(72)73)22-42-12-6-4-7-13-42)16-10-18-52(40)53-19-11-17-49(41(53)2)39-79-61-27-59(77-37-47-21-45(29-67-3)31-69-33-47)51(25-55(61)65)35-71-57(63(74)75)23-43-14-8-5-9-15-43/h4-21,24-27,29-33,56-57,70-71H,22-23,34-39H2,1-3H3,(H,72,73)(H,74,75)/b67-29+. The molecule has 402 valence electrons. The quantitative estimate of drug-likeness (QED) is 0.0374. The molecular weight excluding hydrogens is 1040 g/mol. The minimum absolute atomic E-state index is 0.0793. The molecule has 0 amide bonds. The van der Waals surface area contributed by atoms with E-state index < -0.39 is 24.0 Å². The second kappa shape index (κ2) is 27.6. The lowest BCUT2D eigenvalue weighted by Crippen LogP contribution is -2.38. The summed E-state index contributed by atoms with van der Waals surface area (Å²) in [5, 5.41) is 36.7. The zero-order valence-corrected chi connectivity index (χ0v) is 45.3. The van der Waals surface area contributed by atoms with Gasteiger partial charge in [-0.2, -0.15) is 5.26 Å². The minimum Gasteiger partial charge on any atom is -0.488 e. The molecule has 2 unspecified atom stereocenters. The Morgan fingerprint density at radius 2 is 1.03 bits per heavy atom. The fourth-order valence-electron chi connectivity index (χ4n) is 8.91. The number of aliphatic imine (C=N–C) groups is 1. The Kier molecular flexibility index (Phi) is 19.8. The van der Waals surface area contributed by atoms with E-state index in [9.17, 15) is 25.1 Å². The van der Waals surface area contributed by atoms with Crippen molar-refractivity contribution in [2.75, 3.05) is 7.05 Å². The van der Waals surface area contributed by atoms with Gasteiger partial charge in [0.1, 0.15) is 67.6 Å². The predicted molar refractivity (Wildman–Crippen MR) is 305 cm³/mol. The van der Waals surface area contributed by atoms with E-state index in [0.29, 0.717) is 55.3 Å². The van der Waals surface area contributed by atoms with Crippen molar-refractivity contribution < 1.29 is 38.7 Å². The first kappa shape index (κ1) is 56.6. The molecule has 14 nitrogen and oxygen atoms in total.